The zero-order valence-corrected chi connectivity index (χ0v) is 23.2. The number of allylic oxidation sites excluding steroid dienone is 3. The van der Waals surface area contributed by atoms with Crippen molar-refractivity contribution in [2.45, 2.75) is 39.7 Å². The van der Waals surface area contributed by atoms with E-state index in [0.29, 0.717) is 38.3 Å². The molecule has 0 aliphatic carbocycles. The van der Waals surface area contributed by atoms with Crippen LogP contribution in [0.2, 0.25) is 0 Å². The van der Waals surface area contributed by atoms with E-state index in [2.05, 4.69) is 21.9 Å². The number of hydrogen-bond acceptors (Lipinski definition) is 7. The molecule has 1 fully saturated rings. The number of piperazine rings is 1. The largest absolute Gasteiger partial charge is 0.507 e. The van der Waals surface area contributed by atoms with Gasteiger partial charge in [-0.1, -0.05) is 32.1 Å². The number of anilines is 1. The van der Waals surface area contributed by atoms with Crippen LogP contribution < -0.4 is 15.9 Å². The van der Waals surface area contributed by atoms with Crippen molar-refractivity contribution in [2.24, 2.45) is 0 Å². The number of phenolic OH excluding ortho intramolecular Hbond substituents is 1. The minimum atomic E-state index is -0.879. The first kappa shape index (κ1) is 28.0. The number of halogens is 2. The summed E-state index contributed by atoms with van der Waals surface area (Å²) >= 11 is 0. The number of hydrogen-bond donors (Lipinski definition) is 2. The van der Waals surface area contributed by atoms with Gasteiger partial charge in [-0.2, -0.15) is 4.98 Å². The topological polar surface area (TPSA) is 104 Å². The number of carbonyl (C=O) groups is 1. The molecule has 0 saturated carbocycles. The Morgan fingerprint density at radius 2 is 2.02 bits per heavy atom. The number of benzene rings is 1. The first-order valence-corrected chi connectivity index (χ1v) is 13.6. The maximum absolute atomic E-state index is 15.8. The number of carbonyl (C=O) groups excluding carboxylic acids is 1. The molecule has 41 heavy (non-hydrogen) atoms. The Morgan fingerprint density at radius 1 is 1.24 bits per heavy atom. The Hall–Kier alpha value is -4.54. The summed E-state index contributed by atoms with van der Waals surface area (Å²) in [6, 6.07) is 4.60. The number of amides is 1. The maximum Gasteiger partial charge on any atom is 0.355 e. The van der Waals surface area contributed by atoms with Crippen molar-refractivity contribution in [2.75, 3.05) is 31.1 Å². The minimum Gasteiger partial charge on any atom is -0.507 e. The molecule has 0 spiro atoms. The van der Waals surface area contributed by atoms with Crippen molar-refractivity contribution in [3.05, 3.63) is 76.4 Å². The molecule has 9 nitrogen and oxygen atoms in total. The lowest BCUT2D eigenvalue weighted by Crippen LogP contribution is -2.54. The summed E-state index contributed by atoms with van der Waals surface area (Å²) < 4.78 is 32.0. The molecule has 3 aromatic rings. The van der Waals surface area contributed by atoms with Crippen LogP contribution >= 0.6 is 0 Å². The van der Waals surface area contributed by atoms with Crippen LogP contribution in [-0.4, -0.2) is 62.7 Å². The zero-order chi connectivity index (χ0) is 29.4. The molecular weight excluding hydrogens is 530 g/mol. The van der Waals surface area contributed by atoms with Crippen molar-refractivity contribution in [3.63, 3.8) is 0 Å². The summed E-state index contributed by atoms with van der Waals surface area (Å²) in [5, 5.41) is 14.0. The predicted molar refractivity (Wildman–Crippen MR) is 154 cm³/mol. The van der Waals surface area contributed by atoms with Gasteiger partial charge in [-0.25, -0.2) is 23.1 Å². The number of pyridine rings is 1. The average Bonchev–Trinajstić information content (AvgIpc) is 2.94. The number of phenols is 1. The van der Waals surface area contributed by atoms with Crippen LogP contribution in [0.15, 0.2) is 59.1 Å². The summed E-state index contributed by atoms with van der Waals surface area (Å²) in [4.78, 5) is 38.6. The smallest absolute Gasteiger partial charge is 0.355 e. The second-order valence-electron chi connectivity index (χ2n) is 10.3. The Labute approximate surface area is 236 Å². The zero-order valence-electron chi connectivity index (χ0n) is 23.2. The fraction of sp³-hybridized carbons (Fsp3) is 0.333. The van der Waals surface area contributed by atoms with Gasteiger partial charge in [0.25, 0.3) is 0 Å². The van der Waals surface area contributed by atoms with E-state index in [9.17, 15) is 19.1 Å². The molecular formula is C30H32F2N6O3. The highest BCUT2D eigenvalue weighted by Gasteiger charge is 2.31. The predicted octanol–water partition coefficient (Wildman–Crippen LogP) is 4.18. The van der Waals surface area contributed by atoms with E-state index < -0.39 is 34.3 Å². The minimum absolute atomic E-state index is 0.0795. The summed E-state index contributed by atoms with van der Waals surface area (Å²) in [5.74, 6) is -2.18. The van der Waals surface area contributed by atoms with Crippen LogP contribution in [0.1, 0.15) is 33.6 Å². The van der Waals surface area contributed by atoms with Gasteiger partial charge >= 0.3 is 5.69 Å². The highest BCUT2D eigenvalue weighted by Crippen LogP contribution is 2.37. The molecule has 1 atom stereocenters. The lowest BCUT2D eigenvalue weighted by Gasteiger charge is -2.40. The number of aromatic nitrogens is 3. The van der Waals surface area contributed by atoms with Gasteiger partial charge in [-0.3, -0.25) is 4.79 Å². The summed E-state index contributed by atoms with van der Waals surface area (Å²) in [5.41, 5.74) is 0.822. The lowest BCUT2D eigenvalue weighted by molar-refractivity contribution is -0.126. The molecule has 2 aromatic heterocycles. The Kier molecular flexibility index (Phi) is 7.61. The van der Waals surface area contributed by atoms with E-state index >= 15 is 4.39 Å². The third-order valence-electron chi connectivity index (χ3n) is 7.52. The van der Waals surface area contributed by atoms with Gasteiger partial charge < -0.3 is 20.2 Å². The molecule has 0 bridgehead atoms. The standard InChI is InChI=1S/C30H32F2N6O3/c1-5-8-22-27(17(3)11-12-33-22)38-29-19(15-21(32)26(34-29)25-20(31)9-7-10-23(25)39)28(35-30(38)41)37-14-13-36(16-18(37)4)24(40)6-2/h6-7,9-11,15,18,33,39H,2,5,8,12-14,16H2,1,3-4H3/t18-/m0/s1. The average molecular weight is 563 g/mol. The molecule has 2 N–H and O–H groups in total. The molecule has 0 unspecified atom stereocenters. The van der Waals surface area contributed by atoms with E-state index in [-0.39, 0.29) is 28.8 Å². The second kappa shape index (κ2) is 11.1. The maximum atomic E-state index is 15.8. The van der Waals surface area contributed by atoms with Gasteiger partial charge in [-0.15, -0.1) is 0 Å². The third-order valence-corrected chi connectivity index (χ3v) is 7.52. The van der Waals surface area contributed by atoms with Gasteiger partial charge in [-0.05, 0) is 50.1 Å². The highest BCUT2D eigenvalue weighted by molar-refractivity contribution is 5.93. The van der Waals surface area contributed by atoms with Crippen molar-refractivity contribution in [3.8, 4) is 17.0 Å². The van der Waals surface area contributed by atoms with E-state index in [1.54, 1.807) is 4.90 Å². The number of aromatic hydroxyl groups is 1. The Morgan fingerprint density at radius 3 is 2.71 bits per heavy atom. The normalized spacial score (nSPS) is 17.5. The van der Waals surface area contributed by atoms with Gasteiger partial charge in [0.05, 0.1) is 16.6 Å². The molecule has 5 rings (SSSR count). The summed E-state index contributed by atoms with van der Waals surface area (Å²) in [6.07, 6.45) is 4.64. The molecule has 1 amide bonds. The van der Waals surface area contributed by atoms with Crippen LogP contribution in [0.25, 0.3) is 28.0 Å². The van der Waals surface area contributed by atoms with Gasteiger partial charge in [0.2, 0.25) is 5.91 Å². The van der Waals surface area contributed by atoms with Crippen LogP contribution in [0.3, 0.4) is 0 Å². The summed E-state index contributed by atoms with van der Waals surface area (Å²) in [6.45, 7) is 11.0. The van der Waals surface area contributed by atoms with Crippen molar-refractivity contribution in [1.29, 1.82) is 0 Å². The highest BCUT2D eigenvalue weighted by atomic mass is 19.1. The first-order chi connectivity index (χ1) is 19.7. The second-order valence-corrected chi connectivity index (χ2v) is 10.3. The molecule has 2 aliphatic heterocycles. The van der Waals surface area contributed by atoms with Crippen molar-refractivity contribution < 1.29 is 18.7 Å². The lowest BCUT2D eigenvalue weighted by atomic mass is 10.0. The van der Waals surface area contributed by atoms with E-state index in [4.69, 9.17) is 0 Å². The van der Waals surface area contributed by atoms with Gasteiger partial charge in [0, 0.05) is 37.9 Å². The van der Waals surface area contributed by atoms with Crippen LogP contribution in [0.5, 0.6) is 5.75 Å². The number of nitrogens with one attached hydrogen (secondary N) is 1. The molecule has 4 heterocycles. The number of nitrogens with zero attached hydrogens (tertiary/aromatic N) is 5. The molecule has 11 heteroatoms. The quantitative estimate of drug-likeness (QED) is 0.435. The molecule has 214 valence electrons. The molecule has 0 radical (unpaired) electrons. The number of rotatable bonds is 6. The van der Waals surface area contributed by atoms with Gasteiger partial charge in [0.1, 0.15) is 23.1 Å². The van der Waals surface area contributed by atoms with E-state index in [1.807, 2.05) is 31.7 Å². The van der Waals surface area contributed by atoms with Crippen molar-refractivity contribution >= 4 is 28.5 Å². The molecule has 1 saturated heterocycles. The third kappa shape index (κ3) is 4.96. The van der Waals surface area contributed by atoms with E-state index in [1.165, 1.54) is 28.8 Å². The van der Waals surface area contributed by atoms with Crippen LogP contribution in [0.4, 0.5) is 14.6 Å². The summed E-state index contributed by atoms with van der Waals surface area (Å²) in [7, 11) is 0. The first-order valence-electron chi connectivity index (χ1n) is 13.6. The van der Waals surface area contributed by atoms with Crippen LogP contribution in [0, 0.1) is 11.6 Å². The van der Waals surface area contributed by atoms with Crippen LogP contribution in [-0.2, 0) is 4.79 Å². The van der Waals surface area contributed by atoms with Crippen molar-refractivity contribution in [1.82, 2.24) is 24.8 Å². The SMILES string of the molecule is C=CC(=O)N1CCN(c2nc(=O)n(C3=C(CCC)NCC=C3C)c3nc(-c4c(O)cccc4F)c(F)cc23)[C@@H](C)C1. The number of fused-ring (bicyclic) bond motifs is 1. The molecule has 1 aromatic carbocycles. The molecule has 2 aliphatic rings. The Bertz CT molecular complexity index is 1660. The van der Waals surface area contributed by atoms with Gasteiger partial charge in [0.15, 0.2) is 11.5 Å². The fourth-order valence-electron chi connectivity index (χ4n) is 5.56. The Balaban J connectivity index is 1.80. The number of dihydropyridines is 1. The monoisotopic (exact) mass is 562 g/mol. The van der Waals surface area contributed by atoms with E-state index in [0.717, 1.165) is 23.8 Å². The fourth-order valence-corrected chi connectivity index (χ4v) is 5.56.